The van der Waals surface area contributed by atoms with Crippen LogP contribution in [0, 0.1) is 0 Å². The van der Waals surface area contributed by atoms with Crippen molar-refractivity contribution in [3.8, 4) is 0 Å². The molecule has 1 atom stereocenters. The van der Waals surface area contributed by atoms with E-state index in [1.807, 2.05) is 12.5 Å². The van der Waals surface area contributed by atoms with Crippen LogP contribution in [0.25, 0.3) is 0 Å². The molecule has 2 heterocycles. The third-order valence-electron chi connectivity index (χ3n) is 3.10. The van der Waals surface area contributed by atoms with Gasteiger partial charge in [-0.1, -0.05) is 6.92 Å². The SMILES string of the molecule is CC[C@@H](N)c1cncn1C1CCSCC1. The van der Waals surface area contributed by atoms with Crippen LogP contribution in [-0.4, -0.2) is 21.1 Å². The van der Waals surface area contributed by atoms with Crippen molar-refractivity contribution in [1.29, 1.82) is 0 Å². The average Bonchev–Trinajstić information content (AvgIpc) is 2.78. The molecule has 1 aromatic rings. The molecule has 0 saturated carbocycles. The van der Waals surface area contributed by atoms with E-state index in [1.54, 1.807) is 0 Å². The number of nitrogens with zero attached hydrogens (tertiary/aromatic N) is 2. The van der Waals surface area contributed by atoms with Gasteiger partial charge in [0.2, 0.25) is 0 Å². The van der Waals surface area contributed by atoms with Gasteiger partial charge in [0.15, 0.2) is 0 Å². The highest BCUT2D eigenvalue weighted by Crippen LogP contribution is 2.29. The van der Waals surface area contributed by atoms with Crippen LogP contribution in [-0.2, 0) is 0 Å². The van der Waals surface area contributed by atoms with Gasteiger partial charge in [-0.05, 0) is 30.8 Å². The van der Waals surface area contributed by atoms with Crippen LogP contribution in [0.2, 0.25) is 0 Å². The second-order valence-corrected chi connectivity index (χ2v) is 5.31. The zero-order chi connectivity index (χ0) is 10.7. The second kappa shape index (κ2) is 5.03. The summed E-state index contributed by atoms with van der Waals surface area (Å²) in [6.45, 7) is 2.12. The van der Waals surface area contributed by atoms with Crippen molar-refractivity contribution >= 4 is 11.8 Å². The summed E-state index contributed by atoms with van der Waals surface area (Å²) in [6, 6.07) is 0.767. The predicted molar refractivity (Wildman–Crippen MR) is 65.0 cm³/mol. The molecule has 15 heavy (non-hydrogen) atoms. The van der Waals surface area contributed by atoms with Gasteiger partial charge in [0.25, 0.3) is 0 Å². The fraction of sp³-hybridized carbons (Fsp3) is 0.727. The van der Waals surface area contributed by atoms with Gasteiger partial charge in [0.05, 0.1) is 12.0 Å². The standard InChI is InChI=1S/C11H19N3S/c1-2-10(12)11-7-13-8-14(11)9-3-5-15-6-4-9/h7-10H,2-6,12H2,1H3/t10-/m1/s1. The maximum absolute atomic E-state index is 6.08. The molecule has 0 unspecified atom stereocenters. The molecule has 1 saturated heterocycles. The van der Waals surface area contributed by atoms with Gasteiger partial charge in [-0.3, -0.25) is 0 Å². The van der Waals surface area contributed by atoms with Crippen molar-refractivity contribution < 1.29 is 0 Å². The first kappa shape index (κ1) is 11.0. The van der Waals surface area contributed by atoms with Crippen LogP contribution in [0.4, 0.5) is 0 Å². The van der Waals surface area contributed by atoms with Gasteiger partial charge in [0, 0.05) is 18.3 Å². The summed E-state index contributed by atoms with van der Waals surface area (Å²) in [6.07, 6.45) is 7.36. The third-order valence-corrected chi connectivity index (χ3v) is 4.15. The van der Waals surface area contributed by atoms with Crippen LogP contribution in [0.5, 0.6) is 0 Å². The Morgan fingerprint density at radius 2 is 2.33 bits per heavy atom. The molecule has 1 aliphatic heterocycles. The van der Waals surface area contributed by atoms with Gasteiger partial charge in [-0.25, -0.2) is 4.98 Å². The van der Waals surface area contributed by atoms with Crippen LogP contribution in [0.3, 0.4) is 0 Å². The topological polar surface area (TPSA) is 43.8 Å². The maximum Gasteiger partial charge on any atom is 0.0951 e. The number of aromatic nitrogens is 2. The third kappa shape index (κ3) is 2.37. The zero-order valence-corrected chi connectivity index (χ0v) is 10.0. The first-order chi connectivity index (χ1) is 7.33. The highest BCUT2D eigenvalue weighted by atomic mass is 32.2. The molecule has 84 valence electrons. The van der Waals surface area contributed by atoms with Crippen molar-refractivity contribution in [1.82, 2.24) is 9.55 Å². The summed E-state index contributed by atoms with van der Waals surface area (Å²) in [5.41, 5.74) is 7.28. The minimum Gasteiger partial charge on any atom is -0.330 e. The molecule has 0 spiro atoms. The molecule has 1 fully saturated rings. The molecule has 2 N–H and O–H groups in total. The Bertz CT molecular complexity index is 305. The zero-order valence-electron chi connectivity index (χ0n) is 9.22. The molecule has 1 aromatic heterocycles. The highest BCUT2D eigenvalue weighted by molar-refractivity contribution is 7.99. The lowest BCUT2D eigenvalue weighted by molar-refractivity contribution is 0.441. The fourth-order valence-electron chi connectivity index (χ4n) is 2.08. The number of nitrogens with two attached hydrogens (primary N) is 1. The summed E-state index contributed by atoms with van der Waals surface area (Å²) in [7, 11) is 0. The first-order valence-corrected chi connectivity index (χ1v) is 6.83. The Kier molecular flexibility index (Phi) is 3.70. The van der Waals surface area contributed by atoms with Gasteiger partial charge < -0.3 is 10.3 Å². The van der Waals surface area contributed by atoms with E-state index in [0.717, 1.165) is 6.42 Å². The minimum absolute atomic E-state index is 0.141. The van der Waals surface area contributed by atoms with Crippen molar-refractivity contribution in [3.05, 3.63) is 18.2 Å². The molecule has 0 bridgehead atoms. The van der Waals surface area contributed by atoms with E-state index < -0.39 is 0 Å². The molecule has 2 rings (SSSR count). The van der Waals surface area contributed by atoms with Crippen molar-refractivity contribution in [2.75, 3.05) is 11.5 Å². The van der Waals surface area contributed by atoms with Crippen LogP contribution >= 0.6 is 11.8 Å². The average molecular weight is 225 g/mol. The molecule has 1 aliphatic rings. The van der Waals surface area contributed by atoms with Gasteiger partial charge in [-0.15, -0.1) is 0 Å². The Morgan fingerprint density at radius 1 is 1.60 bits per heavy atom. The first-order valence-electron chi connectivity index (χ1n) is 5.68. The van der Waals surface area contributed by atoms with Crippen LogP contribution in [0.1, 0.15) is 44.0 Å². The van der Waals surface area contributed by atoms with E-state index in [4.69, 9.17) is 5.73 Å². The molecular weight excluding hydrogens is 206 g/mol. The van der Waals surface area contributed by atoms with E-state index in [9.17, 15) is 0 Å². The molecule has 0 amide bonds. The number of rotatable bonds is 3. The second-order valence-electron chi connectivity index (χ2n) is 4.08. The largest absolute Gasteiger partial charge is 0.330 e. The van der Waals surface area contributed by atoms with E-state index in [2.05, 4.69) is 28.2 Å². The number of imidazole rings is 1. The molecule has 0 aromatic carbocycles. The lowest BCUT2D eigenvalue weighted by Crippen LogP contribution is -2.20. The fourth-order valence-corrected chi connectivity index (χ4v) is 3.16. The lowest BCUT2D eigenvalue weighted by Gasteiger charge is -2.25. The van der Waals surface area contributed by atoms with Crippen molar-refractivity contribution in [2.24, 2.45) is 5.73 Å². The summed E-state index contributed by atoms with van der Waals surface area (Å²) in [5, 5.41) is 0. The normalized spacial score (nSPS) is 20.4. The monoisotopic (exact) mass is 225 g/mol. The Labute approximate surface area is 95.4 Å². The van der Waals surface area contributed by atoms with Crippen LogP contribution < -0.4 is 5.73 Å². The Hall–Kier alpha value is -0.480. The van der Waals surface area contributed by atoms with E-state index in [0.29, 0.717) is 6.04 Å². The minimum atomic E-state index is 0.141. The number of hydrogen-bond acceptors (Lipinski definition) is 3. The maximum atomic E-state index is 6.08. The van der Waals surface area contributed by atoms with E-state index in [-0.39, 0.29) is 6.04 Å². The summed E-state index contributed by atoms with van der Waals surface area (Å²) >= 11 is 2.05. The quantitative estimate of drug-likeness (QED) is 0.859. The highest BCUT2D eigenvalue weighted by Gasteiger charge is 2.19. The van der Waals surface area contributed by atoms with Crippen molar-refractivity contribution in [2.45, 2.75) is 38.3 Å². The smallest absolute Gasteiger partial charge is 0.0951 e. The summed E-state index contributed by atoms with van der Waals surface area (Å²) in [4.78, 5) is 4.24. The molecule has 0 aliphatic carbocycles. The lowest BCUT2D eigenvalue weighted by atomic mass is 10.1. The molecule has 3 nitrogen and oxygen atoms in total. The van der Waals surface area contributed by atoms with Crippen molar-refractivity contribution in [3.63, 3.8) is 0 Å². The van der Waals surface area contributed by atoms with E-state index >= 15 is 0 Å². The summed E-state index contributed by atoms with van der Waals surface area (Å²) in [5.74, 6) is 2.54. The molecule has 4 heteroatoms. The van der Waals surface area contributed by atoms with Gasteiger partial charge in [-0.2, -0.15) is 11.8 Å². The van der Waals surface area contributed by atoms with E-state index in [1.165, 1.54) is 30.0 Å². The Morgan fingerprint density at radius 3 is 3.00 bits per heavy atom. The van der Waals surface area contributed by atoms with Crippen LogP contribution in [0.15, 0.2) is 12.5 Å². The van der Waals surface area contributed by atoms with Gasteiger partial charge >= 0.3 is 0 Å². The number of thioether (sulfide) groups is 1. The summed E-state index contributed by atoms with van der Waals surface area (Å²) < 4.78 is 2.30. The molecule has 0 radical (unpaired) electrons. The Balaban J connectivity index is 2.15. The molecular formula is C11H19N3S. The van der Waals surface area contributed by atoms with Gasteiger partial charge in [0.1, 0.15) is 0 Å². The number of hydrogen-bond donors (Lipinski definition) is 1. The predicted octanol–water partition coefficient (Wildman–Crippen LogP) is 2.36.